The van der Waals surface area contributed by atoms with Crippen molar-refractivity contribution in [2.75, 3.05) is 13.2 Å². The number of ether oxygens (including phenoxy) is 3. The van der Waals surface area contributed by atoms with E-state index in [4.69, 9.17) is 14.2 Å². The maximum atomic E-state index is 12.9. The lowest BCUT2D eigenvalue weighted by molar-refractivity contribution is -0.167. The van der Waals surface area contributed by atoms with E-state index < -0.39 is 6.10 Å². The minimum atomic E-state index is -0.778. The second kappa shape index (κ2) is 65.4. The van der Waals surface area contributed by atoms with E-state index in [9.17, 15) is 14.4 Å². The van der Waals surface area contributed by atoms with Crippen LogP contribution in [0.3, 0.4) is 0 Å². The third-order valence-electron chi connectivity index (χ3n) is 14.7. The van der Waals surface area contributed by atoms with Crippen LogP contribution in [0.2, 0.25) is 0 Å². The Bertz CT molecular complexity index is 1420. The van der Waals surface area contributed by atoms with Gasteiger partial charge in [-0.15, -0.1) is 0 Å². The van der Waals surface area contributed by atoms with Crippen molar-refractivity contribution in [1.82, 2.24) is 0 Å². The molecule has 77 heavy (non-hydrogen) atoms. The SMILES string of the molecule is CCCCCCC/C=C\C/C=C\C/C=C\CCCCCCCCCCCCC(=O)OCC(COC(=O)CCCCCCCCCCC)OC(=O)CCCCCCCCCCCC/C=C\C/C=C\C/C=C\CCCCCCC. The van der Waals surface area contributed by atoms with E-state index in [0.717, 1.165) is 83.5 Å². The average Bonchev–Trinajstić information content (AvgIpc) is 3.43. The lowest BCUT2D eigenvalue weighted by Crippen LogP contribution is -2.30. The van der Waals surface area contributed by atoms with Crippen molar-refractivity contribution in [3.05, 3.63) is 72.9 Å². The van der Waals surface area contributed by atoms with Crippen molar-refractivity contribution in [3.63, 3.8) is 0 Å². The van der Waals surface area contributed by atoms with Gasteiger partial charge in [0, 0.05) is 19.3 Å². The van der Waals surface area contributed by atoms with E-state index in [1.165, 1.54) is 218 Å². The summed E-state index contributed by atoms with van der Waals surface area (Å²) in [6.07, 6.45) is 84.9. The summed E-state index contributed by atoms with van der Waals surface area (Å²) in [5, 5.41) is 0. The van der Waals surface area contributed by atoms with Gasteiger partial charge in [0.05, 0.1) is 0 Å². The van der Waals surface area contributed by atoms with E-state index in [-0.39, 0.29) is 31.1 Å². The van der Waals surface area contributed by atoms with Crippen LogP contribution in [0.15, 0.2) is 72.9 Å². The molecule has 0 radical (unpaired) electrons. The number of rotatable bonds is 61. The van der Waals surface area contributed by atoms with Crippen LogP contribution in [-0.2, 0) is 28.6 Å². The molecule has 0 saturated carbocycles. The number of allylic oxidation sites excluding steroid dienone is 12. The topological polar surface area (TPSA) is 78.9 Å². The van der Waals surface area contributed by atoms with Gasteiger partial charge in [-0.1, -0.05) is 299 Å². The summed E-state index contributed by atoms with van der Waals surface area (Å²) >= 11 is 0. The summed E-state index contributed by atoms with van der Waals surface area (Å²) in [4.78, 5) is 38.2. The molecule has 0 aromatic heterocycles. The molecule has 1 atom stereocenters. The van der Waals surface area contributed by atoms with Crippen LogP contribution in [0.1, 0.15) is 342 Å². The molecular formula is C71H126O6. The van der Waals surface area contributed by atoms with Crippen LogP contribution in [-0.4, -0.2) is 37.2 Å². The molecule has 0 amide bonds. The van der Waals surface area contributed by atoms with Crippen LogP contribution in [0.4, 0.5) is 0 Å². The zero-order valence-electron chi connectivity index (χ0n) is 51.2. The van der Waals surface area contributed by atoms with Gasteiger partial charge in [0.2, 0.25) is 0 Å². The van der Waals surface area contributed by atoms with Crippen molar-refractivity contribution in [2.45, 2.75) is 348 Å². The van der Waals surface area contributed by atoms with Gasteiger partial charge in [-0.25, -0.2) is 0 Å². The van der Waals surface area contributed by atoms with E-state index in [1.807, 2.05) is 0 Å². The van der Waals surface area contributed by atoms with Crippen LogP contribution in [0.25, 0.3) is 0 Å². The van der Waals surface area contributed by atoms with E-state index >= 15 is 0 Å². The summed E-state index contributed by atoms with van der Waals surface area (Å²) in [5.41, 5.74) is 0. The molecule has 0 rings (SSSR count). The second-order valence-corrected chi connectivity index (χ2v) is 22.4. The lowest BCUT2D eigenvalue weighted by atomic mass is 10.0. The van der Waals surface area contributed by atoms with Gasteiger partial charge in [0.1, 0.15) is 13.2 Å². The fourth-order valence-corrected chi connectivity index (χ4v) is 9.64. The Labute approximate surface area is 478 Å². The number of carbonyl (C=O) groups is 3. The summed E-state index contributed by atoms with van der Waals surface area (Å²) < 4.78 is 16.9. The Morgan fingerprint density at radius 2 is 0.468 bits per heavy atom. The fraction of sp³-hybridized carbons (Fsp3) is 0.789. The molecule has 0 aliphatic carbocycles. The molecular weight excluding hydrogens is 949 g/mol. The Balaban J connectivity index is 4.21. The molecule has 1 unspecified atom stereocenters. The zero-order chi connectivity index (χ0) is 55.7. The molecule has 0 aromatic rings. The van der Waals surface area contributed by atoms with Crippen molar-refractivity contribution in [2.24, 2.45) is 0 Å². The first-order valence-corrected chi connectivity index (χ1v) is 33.4. The van der Waals surface area contributed by atoms with Crippen LogP contribution in [0.5, 0.6) is 0 Å². The number of esters is 3. The molecule has 6 nitrogen and oxygen atoms in total. The largest absolute Gasteiger partial charge is 0.462 e. The second-order valence-electron chi connectivity index (χ2n) is 22.4. The van der Waals surface area contributed by atoms with Crippen molar-refractivity contribution in [3.8, 4) is 0 Å². The van der Waals surface area contributed by atoms with Gasteiger partial charge in [-0.3, -0.25) is 14.4 Å². The summed E-state index contributed by atoms with van der Waals surface area (Å²) in [7, 11) is 0. The fourth-order valence-electron chi connectivity index (χ4n) is 9.64. The number of hydrogen-bond acceptors (Lipinski definition) is 6. The normalized spacial score (nSPS) is 12.5. The minimum absolute atomic E-state index is 0.0755. The summed E-state index contributed by atoms with van der Waals surface area (Å²) in [6.45, 7) is 6.63. The molecule has 0 aliphatic rings. The van der Waals surface area contributed by atoms with Gasteiger partial charge in [-0.2, -0.15) is 0 Å². The third kappa shape index (κ3) is 63.6. The standard InChI is InChI=1S/C71H126O6/c1-4-7-10-13-16-19-21-23-25-27-29-31-33-35-37-39-41-43-45-47-49-52-55-58-61-64-70(73)76-67-68(66-75-69(72)63-60-57-54-51-18-15-12-9-6-3)77-71(74)65-62-59-56-53-50-48-46-44-42-40-38-36-34-32-30-28-26-24-22-20-17-14-11-8-5-2/h21-24,27-30,33-36,68H,4-20,25-26,31-32,37-67H2,1-3H3/b23-21-,24-22-,29-27-,30-28-,35-33-,36-34-. The van der Waals surface area contributed by atoms with Crippen molar-refractivity contribution >= 4 is 17.9 Å². The predicted molar refractivity (Wildman–Crippen MR) is 335 cm³/mol. The molecule has 0 heterocycles. The zero-order valence-corrected chi connectivity index (χ0v) is 51.2. The Hall–Kier alpha value is -3.15. The Morgan fingerprint density at radius 1 is 0.260 bits per heavy atom. The smallest absolute Gasteiger partial charge is 0.306 e. The van der Waals surface area contributed by atoms with Gasteiger partial charge in [0.25, 0.3) is 0 Å². The monoisotopic (exact) mass is 1070 g/mol. The maximum Gasteiger partial charge on any atom is 0.306 e. The van der Waals surface area contributed by atoms with Crippen LogP contribution >= 0.6 is 0 Å². The first-order valence-electron chi connectivity index (χ1n) is 33.4. The molecule has 0 aliphatic heterocycles. The van der Waals surface area contributed by atoms with E-state index in [2.05, 4.69) is 93.7 Å². The highest BCUT2D eigenvalue weighted by molar-refractivity contribution is 5.71. The molecule has 0 fully saturated rings. The van der Waals surface area contributed by atoms with Crippen LogP contribution < -0.4 is 0 Å². The molecule has 0 saturated heterocycles. The highest BCUT2D eigenvalue weighted by atomic mass is 16.6. The van der Waals surface area contributed by atoms with Gasteiger partial charge in [0.15, 0.2) is 6.10 Å². The molecule has 446 valence electrons. The van der Waals surface area contributed by atoms with Crippen molar-refractivity contribution in [1.29, 1.82) is 0 Å². The molecule has 6 heteroatoms. The van der Waals surface area contributed by atoms with Crippen LogP contribution in [0, 0.1) is 0 Å². The van der Waals surface area contributed by atoms with Gasteiger partial charge < -0.3 is 14.2 Å². The third-order valence-corrected chi connectivity index (χ3v) is 14.7. The molecule has 0 bridgehead atoms. The van der Waals surface area contributed by atoms with Gasteiger partial charge >= 0.3 is 17.9 Å². The van der Waals surface area contributed by atoms with Crippen molar-refractivity contribution < 1.29 is 28.6 Å². The first-order chi connectivity index (χ1) is 38.0. The number of carbonyl (C=O) groups excluding carboxylic acids is 3. The minimum Gasteiger partial charge on any atom is -0.462 e. The summed E-state index contributed by atoms with van der Waals surface area (Å²) in [6, 6.07) is 0. The number of unbranched alkanes of at least 4 members (excludes halogenated alkanes) is 38. The highest BCUT2D eigenvalue weighted by Crippen LogP contribution is 2.17. The first kappa shape index (κ1) is 73.8. The Kier molecular flexibility index (Phi) is 62.7. The summed E-state index contributed by atoms with van der Waals surface area (Å²) in [5.74, 6) is -0.871. The molecule has 0 N–H and O–H groups in total. The number of hydrogen-bond donors (Lipinski definition) is 0. The van der Waals surface area contributed by atoms with E-state index in [1.54, 1.807) is 0 Å². The highest BCUT2D eigenvalue weighted by Gasteiger charge is 2.19. The average molecular weight is 1080 g/mol. The Morgan fingerprint density at radius 3 is 0.727 bits per heavy atom. The quantitative estimate of drug-likeness (QED) is 0.0261. The lowest BCUT2D eigenvalue weighted by Gasteiger charge is -2.18. The molecule has 0 aromatic carbocycles. The van der Waals surface area contributed by atoms with E-state index in [0.29, 0.717) is 19.3 Å². The van der Waals surface area contributed by atoms with Gasteiger partial charge in [-0.05, 0) is 96.3 Å². The maximum absolute atomic E-state index is 12.9. The predicted octanol–water partition coefficient (Wildman–Crippen LogP) is 22.9. The molecule has 0 spiro atoms.